The summed E-state index contributed by atoms with van der Waals surface area (Å²) < 4.78 is 9.59. The molecule has 4 nitrogen and oxygen atoms in total. The standard InChI is InChI=1S/C10H8O4/c1-13-10(12)6-4-8(11)7-2-3-14-9(7)5-6/h2-5,11H,1H3. The lowest BCUT2D eigenvalue weighted by Gasteiger charge is -2.00. The molecule has 14 heavy (non-hydrogen) atoms. The second-order valence-electron chi connectivity index (χ2n) is 2.82. The quantitative estimate of drug-likeness (QED) is 0.701. The molecule has 0 bridgehead atoms. The highest BCUT2D eigenvalue weighted by atomic mass is 16.5. The molecule has 2 aromatic rings. The molecule has 2 rings (SSSR count). The maximum atomic E-state index is 11.2. The van der Waals surface area contributed by atoms with E-state index in [1.54, 1.807) is 6.07 Å². The summed E-state index contributed by atoms with van der Waals surface area (Å²) in [6, 6.07) is 4.51. The molecule has 72 valence electrons. The molecule has 0 saturated heterocycles. The van der Waals surface area contributed by atoms with Gasteiger partial charge in [-0.25, -0.2) is 4.79 Å². The lowest BCUT2D eigenvalue weighted by molar-refractivity contribution is 0.0600. The van der Waals surface area contributed by atoms with Gasteiger partial charge in [-0.2, -0.15) is 0 Å². The van der Waals surface area contributed by atoms with Crippen LogP contribution in [-0.2, 0) is 4.74 Å². The molecular weight excluding hydrogens is 184 g/mol. The third kappa shape index (κ3) is 1.21. The fraction of sp³-hybridized carbons (Fsp3) is 0.100. The SMILES string of the molecule is COC(=O)c1cc(O)c2ccoc2c1. The number of hydrogen-bond donors (Lipinski definition) is 1. The molecule has 0 unspecified atom stereocenters. The highest BCUT2D eigenvalue weighted by molar-refractivity contribution is 5.96. The van der Waals surface area contributed by atoms with Crippen LogP contribution in [0, 0.1) is 0 Å². The first-order chi connectivity index (χ1) is 6.72. The lowest BCUT2D eigenvalue weighted by atomic mass is 10.1. The zero-order chi connectivity index (χ0) is 10.1. The number of rotatable bonds is 1. The van der Waals surface area contributed by atoms with E-state index in [1.807, 2.05) is 0 Å². The molecule has 0 saturated carbocycles. The van der Waals surface area contributed by atoms with E-state index in [0.29, 0.717) is 11.0 Å². The number of aromatic hydroxyl groups is 1. The summed E-state index contributed by atoms with van der Waals surface area (Å²) in [6.45, 7) is 0. The Morgan fingerprint density at radius 1 is 1.50 bits per heavy atom. The average molecular weight is 192 g/mol. The van der Waals surface area contributed by atoms with Crippen molar-refractivity contribution in [3.05, 3.63) is 30.0 Å². The summed E-state index contributed by atoms with van der Waals surface area (Å²) in [5.41, 5.74) is 0.734. The Bertz CT molecular complexity index is 484. The molecule has 1 aromatic heterocycles. The molecule has 0 aliphatic rings. The van der Waals surface area contributed by atoms with Gasteiger partial charge in [0.05, 0.1) is 24.3 Å². The summed E-state index contributed by atoms with van der Waals surface area (Å²) in [7, 11) is 1.28. The van der Waals surface area contributed by atoms with Gasteiger partial charge in [-0.05, 0) is 18.2 Å². The first-order valence-electron chi connectivity index (χ1n) is 4.01. The van der Waals surface area contributed by atoms with Crippen molar-refractivity contribution in [2.24, 2.45) is 0 Å². The molecule has 0 atom stereocenters. The highest BCUT2D eigenvalue weighted by Gasteiger charge is 2.11. The Hall–Kier alpha value is -1.97. The number of methoxy groups -OCH3 is 1. The number of benzene rings is 1. The fourth-order valence-corrected chi connectivity index (χ4v) is 1.29. The van der Waals surface area contributed by atoms with Gasteiger partial charge in [0, 0.05) is 0 Å². The van der Waals surface area contributed by atoms with E-state index in [0.717, 1.165) is 0 Å². The predicted octanol–water partition coefficient (Wildman–Crippen LogP) is 1.92. The van der Waals surface area contributed by atoms with E-state index in [1.165, 1.54) is 25.5 Å². The van der Waals surface area contributed by atoms with Crippen LogP contribution in [-0.4, -0.2) is 18.2 Å². The van der Waals surface area contributed by atoms with E-state index >= 15 is 0 Å². The molecule has 1 heterocycles. The minimum absolute atomic E-state index is 0.0108. The van der Waals surface area contributed by atoms with Gasteiger partial charge >= 0.3 is 5.97 Å². The topological polar surface area (TPSA) is 59.7 Å². The molecular formula is C10H8O4. The lowest BCUT2D eigenvalue weighted by Crippen LogP contribution is -2.00. The van der Waals surface area contributed by atoms with Crippen LogP contribution in [0.1, 0.15) is 10.4 Å². The Balaban J connectivity index is 2.64. The van der Waals surface area contributed by atoms with Crippen LogP contribution in [0.25, 0.3) is 11.0 Å². The number of hydrogen-bond acceptors (Lipinski definition) is 4. The molecule has 0 spiro atoms. The number of fused-ring (bicyclic) bond motifs is 1. The smallest absolute Gasteiger partial charge is 0.338 e. The summed E-state index contributed by atoms with van der Waals surface area (Å²) in [5.74, 6) is -0.491. The van der Waals surface area contributed by atoms with Crippen molar-refractivity contribution in [3.8, 4) is 5.75 Å². The molecule has 0 aliphatic carbocycles. The normalized spacial score (nSPS) is 10.4. The van der Waals surface area contributed by atoms with Crippen LogP contribution in [0.2, 0.25) is 0 Å². The highest BCUT2D eigenvalue weighted by Crippen LogP contribution is 2.27. The summed E-state index contributed by atoms with van der Waals surface area (Å²) in [6.07, 6.45) is 1.45. The summed E-state index contributed by atoms with van der Waals surface area (Å²) in [4.78, 5) is 11.2. The number of phenols is 1. The van der Waals surface area contributed by atoms with Crippen LogP contribution in [0.3, 0.4) is 0 Å². The first kappa shape index (κ1) is 8.62. The third-order valence-corrected chi connectivity index (χ3v) is 1.97. The van der Waals surface area contributed by atoms with E-state index in [2.05, 4.69) is 4.74 Å². The first-order valence-corrected chi connectivity index (χ1v) is 4.01. The summed E-state index contributed by atoms with van der Waals surface area (Å²) >= 11 is 0. The number of carbonyl (C=O) groups is 1. The number of furan rings is 1. The molecule has 0 amide bonds. The van der Waals surface area contributed by atoms with E-state index in [4.69, 9.17) is 4.42 Å². The van der Waals surface area contributed by atoms with Crippen molar-refractivity contribution in [1.82, 2.24) is 0 Å². The molecule has 1 aromatic carbocycles. The van der Waals surface area contributed by atoms with E-state index < -0.39 is 5.97 Å². The van der Waals surface area contributed by atoms with Gasteiger partial charge in [0.2, 0.25) is 0 Å². The van der Waals surface area contributed by atoms with E-state index in [9.17, 15) is 9.90 Å². The van der Waals surface area contributed by atoms with Crippen molar-refractivity contribution < 1.29 is 19.1 Å². The summed E-state index contributed by atoms with van der Waals surface area (Å²) in [5, 5.41) is 10.1. The number of ether oxygens (including phenoxy) is 1. The van der Waals surface area contributed by atoms with Crippen LogP contribution >= 0.6 is 0 Å². The minimum Gasteiger partial charge on any atom is -0.507 e. The molecule has 0 radical (unpaired) electrons. The van der Waals surface area contributed by atoms with Gasteiger partial charge in [0.1, 0.15) is 11.3 Å². The maximum absolute atomic E-state index is 11.2. The van der Waals surface area contributed by atoms with Crippen molar-refractivity contribution in [1.29, 1.82) is 0 Å². The minimum atomic E-state index is -0.501. The zero-order valence-electron chi connectivity index (χ0n) is 7.48. The molecule has 1 N–H and O–H groups in total. The Kier molecular flexibility index (Phi) is 1.89. The van der Waals surface area contributed by atoms with Crippen molar-refractivity contribution in [2.75, 3.05) is 7.11 Å². The van der Waals surface area contributed by atoms with Crippen molar-refractivity contribution >= 4 is 16.9 Å². The Labute approximate surface area is 79.7 Å². The molecule has 0 aliphatic heterocycles. The third-order valence-electron chi connectivity index (χ3n) is 1.97. The Morgan fingerprint density at radius 2 is 2.29 bits per heavy atom. The second-order valence-corrected chi connectivity index (χ2v) is 2.82. The Morgan fingerprint density at radius 3 is 3.00 bits per heavy atom. The van der Waals surface area contributed by atoms with Gasteiger partial charge in [-0.3, -0.25) is 0 Å². The van der Waals surface area contributed by atoms with Gasteiger partial charge in [-0.15, -0.1) is 0 Å². The predicted molar refractivity (Wildman–Crippen MR) is 49.2 cm³/mol. The van der Waals surface area contributed by atoms with Gasteiger partial charge in [0.15, 0.2) is 0 Å². The molecule has 0 fully saturated rings. The van der Waals surface area contributed by atoms with Gasteiger partial charge < -0.3 is 14.3 Å². The van der Waals surface area contributed by atoms with Gasteiger partial charge in [-0.1, -0.05) is 0 Å². The van der Waals surface area contributed by atoms with Crippen LogP contribution in [0.4, 0.5) is 0 Å². The monoisotopic (exact) mass is 192 g/mol. The number of esters is 1. The average Bonchev–Trinajstić information content (AvgIpc) is 2.64. The molecule has 4 heteroatoms. The van der Waals surface area contributed by atoms with Crippen LogP contribution < -0.4 is 0 Å². The van der Waals surface area contributed by atoms with Crippen LogP contribution in [0.15, 0.2) is 28.9 Å². The second kappa shape index (κ2) is 3.06. The van der Waals surface area contributed by atoms with E-state index in [-0.39, 0.29) is 11.3 Å². The fourth-order valence-electron chi connectivity index (χ4n) is 1.29. The van der Waals surface area contributed by atoms with Gasteiger partial charge in [0.25, 0.3) is 0 Å². The number of phenolic OH excluding ortho intramolecular Hbond substituents is 1. The maximum Gasteiger partial charge on any atom is 0.338 e. The largest absolute Gasteiger partial charge is 0.507 e. The van der Waals surface area contributed by atoms with Crippen LogP contribution in [0.5, 0.6) is 5.75 Å². The van der Waals surface area contributed by atoms with Crippen molar-refractivity contribution in [2.45, 2.75) is 0 Å². The zero-order valence-corrected chi connectivity index (χ0v) is 7.48. The number of carbonyl (C=O) groups excluding carboxylic acids is 1. The van der Waals surface area contributed by atoms with Crippen molar-refractivity contribution in [3.63, 3.8) is 0 Å².